The number of nitrogens with zero attached hydrogens (tertiary/aromatic N) is 4. The van der Waals surface area contributed by atoms with Gasteiger partial charge in [-0.05, 0) is 47.9 Å². The van der Waals surface area contributed by atoms with E-state index < -0.39 is 0 Å². The zero-order valence-electron chi connectivity index (χ0n) is 18.7. The summed E-state index contributed by atoms with van der Waals surface area (Å²) < 4.78 is 0. The van der Waals surface area contributed by atoms with E-state index in [0.717, 1.165) is 27.9 Å². The molecule has 0 radical (unpaired) electrons. The summed E-state index contributed by atoms with van der Waals surface area (Å²) in [4.78, 5) is 27.9. The molecule has 2 aliphatic rings. The molecular weight excluding hydrogens is 398 g/mol. The van der Waals surface area contributed by atoms with Gasteiger partial charge in [0.05, 0.1) is 5.69 Å². The Labute approximate surface area is 189 Å². The van der Waals surface area contributed by atoms with Crippen LogP contribution in [0.15, 0.2) is 55.0 Å². The fraction of sp³-hybridized carbons (Fsp3) is 0.385. The van der Waals surface area contributed by atoms with Crippen LogP contribution in [0, 0.1) is 17.8 Å². The third-order valence-electron chi connectivity index (χ3n) is 6.82. The van der Waals surface area contributed by atoms with Gasteiger partial charge in [-0.3, -0.25) is 9.78 Å². The molecule has 2 aliphatic carbocycles. The number of hydrogen-bond acceptors (Lipinski definition) is 5. The first-order valence-electron chi connectivity index (χ1n) is 11.4. The average molecular weight is 428 g/mol. The Hall–Kier alpha value is -3.28. The fourth-order valence-corrected chi connectivity index (χ4v) is 5.02. The summed E-state index contributed by atoms with van der Waals surface area (Å²) in [5, 5.41) is 3.16. The second-order valence-corrected chi connectivity index (χ2v) is 9.12. The van der Waals surface area contributed by atoms with Crippen LogP contribution in [0.5, 0.6) is 0 Å². The van der Waals surface area contributed by atoms with E-state index in [0.29, 0.717) is 24.3 Å². The highest BCUT2D eigenvalue weighted by molar-refractivity contribution is 5.82. The number of carbonyl (C=O) groups is 1. The number of benzene rings is 1. The van der Waals surface area contributed by atoms with Crippen molar-refractivity contribution in [1.29, 1.82) is 0 Å². The highest BCUT2D eigenvalue weighted by atomic mass is 16.2. The average Bonchev–Trinajstić information content (AvgIpc) is 3.58. The first-order chi connectivity index (χ1) is 15.6. The molecule has 5 rings (SSSR count). The molecule has 2 heterocycles. The first-order valence-corrected chi connectivity index (χ1v) is 11.4. The van der Waals surface area contributed by atoms with Gasteiger partial charge in [0.1, 0.15) is 0 Å². The monoisotopic (exact) mass is 427 g/mol. The quantitative estimate of drug-likeness (QED) is 0.634. The van der Waals surface area contributed by atoms with Crippen LogP contribution < -0.4 is 10.2 Å². The van der Waals surface area contributed by atoms with Gasteiger partial charge < -0.3 is 10.2 Å². The van der Waals surface area contributed by atoms with Crippen LogP contribution in [-0.2, 0) is 11.3 Å². The number of pyridine rings is 1. The van der Waals surface area contributed by atoms with Crippen molar-refractivity contribution >= 4 is 11.9 Å². The maximum absolute atomic E-state index is 12.6. The smallest absolute Gasteiger partial charge is 0.225 e. The molecule has 0 bridgehead atoms. The summed E-state index contributed by atoms with van der Waals surface area (Å²) in [7, 11) is 3.88. The first kappa shape index (κ1) is 20.6. The predicted molar refractivity (Wildman–Crippen MR) is 126 cm³/mol. The number of amides is 1. The molecule has 6 nitrogen and oxygen atoms in total. The van der Waals surface area contributed by atoms with Crippen LogP contribution in [0.25, 0.3) is 22.4 Å². The number of anilines is 1. The molecule has 2 saturated carbocycles. The number of aromatic nitrogens is 3. The van der Waals surface area contributed by atoms with Gasteiger partial charge in [-0.15, -0.1) is 0 Å². The Morgan fingerprint density at radius 2 is 1.69 bits per heavy atom. The maximum atomic E-state index is 12.6. The second-order valence-electron chi connectivity index (χ2n) is 9.12. The molecule has 0 spiro atoms. The molecule has 3 aromatic rings. The van der Waals surface area contributed by atoms with Gasteiger partial charge in [0.2, 0.25) is 11.9 Å². The van der Waals surface area contributed by atoms with Gasteiger partial charge in [-0.1, -0.05) is 37.1 Å². The lowest BCUT2D eigenvalue weighted by Crippen LogP contribution is -2.25. The molecule has 2 fully saturated rings. The van der Waals surface area contributed by atoms with Crippen LogP contribution in [0.3, 0.4) is 0 Å². The summed E-state index contributed by atoms with van der Waals surface area (Å²) in [6.45, 7) is 0.568. The van der Waals surface area contributed by atoms with Gasteiger partial charge in [0, 0.05) is 56.3 Å². The summed E-state index contributed by atoms with van der Waals surface area (Å²) in [5.41, 5.74) is 4.99. The molecule has 2 unspecified atom stereocenters. The maximum Gasteiger partial charge on any atom is 0.225 e. The lowest BCUT2D eigenvalue weighted by Gasteiger charge is -2.15. The van der Waals surface area contributed by atoms with Crippen LogP contribution >= 0.6 is 0 Å². The standard InChI is InChI=1S/C26H29N5O/c1-31(2)26-29-16-22(18-11-13-27-14-12-18)24(30-26)19-9-7-17(8-10-19)15-28-25(32)23-20-5-3-4-6-21(20)23/h7-14,16,20-21,23H,3-6,15H2,1-2H3,(H,28,32). The van der Waals surface area contributed by atoms with E-state index in [2.05, 4.69) is 39.6 Å². The molecule has 0 saturated heterocycles. The number of nitrogens with one attached hydrogen (secondary N) is 1. The zero-order chi connectivity index (χ0) is 22.1. The second kappa shape index (κ2) is 8.69. The van der Waals surface area contributed by atoms with Crippen molar-refractivity contribution in [3.63, 3.8) is 0 Å². The van der Waals surface area contributed by atoms with Crippen molar-refractivity contribution in [2.24, 2.45) is 17.8 Å². The van der Waals surface area contributed by atoms with E-state index in [9.17, 15) is 4.79 Å². The molecule has 164 valence electrons. The van der Waals surface area contributed by atoms with Crippen molar-refractivity contribution in [2.45, 2.75) is 32.2 Å². The normalized spacial score (nSPS) is 21.5. The molecular formula is C26H29N5O. The summed E-state index contributed by atoms with van der Waals surface area (Å²) >= 11 is 0. The number of carbonyl (C=O) groups excluding carboxylic acids is 1. The molecule has 6 heteroatoms. The van der Waals surface area contributed by atoms with E-state index in [1.54, 1.807) is 12.4 Å². The largest absolute Gasteiger partial charge is 0.352 e. The van der Waals surface area contributed by atoms with E-state index in [-0.39, 0.29) is 11.8 Å². The van der Waals surface area contributed by atoms with Crippen molar-refractivity contribution in [2.75, 3.05) is 19.0 Å². The summed E-state index contributed by atoms with van der Waals surface area (Å²) in [6, 6.07) is 12.2. The summed E-state index contributed by atoms with van der Waals surface area (Å²) in [6.07, 6.45) is 10.5. The Bertz CT molecular complexity index is 1080. The Kier molecular flexibility index (Phi) is 5.60. The highest BCUT2D eigenvalue weighted by Crippen LogP contribution is 2.55. The molecule has 1 amide bonds. The van der Waals surface area contributed by atoms with Crippen LogP contribution in [0.4, 0.5) is 5.95 Å². The minimum absolute atomic E-state index is 0.234. The van der Waals surface area contributed by atoms with E-state index in [1.165, 1.54) is 25.7 Å². The Morgan fingerprint density at radius 3 is 2.34 bits per heavy atom. The Balaban J connectivity index is 1.33. The van der Waals surface area contributed by atoms with Crippen molar-refractivity contribution in [1.82, 2.24) is 20.3 Å². The number of hydrogen-bond donors (Lipinski definition) is 1. The van der Waals surface area contributed by atoms with Gasteiger partial charge in [-0.25, -0.2) is 9.97 Å². The lowest BCUT2D eigenvalue weighted by molar-refractivity contribution is -0.123. The predicted octanol–water partition coefficient (Wildman–Crippen LogP) is 4.32. The summed E-state index contributed by atoms with van der Waals surface area (Å²) in [5.74, 6) is 2.44. The molecule has 1 N–H and O–H groups in total. The topological polar surface area (TPSA) is 71.0 Å². The van der Waals surface area contributed by atoms with E-state index in [4.69, 9.17) is 4.98 Å². The minimum Gasteiger partial charge on any atom is -0.352 e. The van der Waals surface area contributed by atoms with Gasteiger partial charge in [-0.2, -0.15) is 0 Å². The molecule has 2 atom stereocenters. The van der Waals surface area contributed by atoms with Gasteiger partial charge in [0.25, 0.3) is 0 Å². The highest BCUT2D eigenvalue weighted by Gasteiger charge is 2.54. The minimum atomic E-state index is 0.234. The van der Waals surface area contributed by atoms with Gasteiger partial charge in [0.15, 0.2) is 0 Å². The van der Waals surface area contributed by atoms with Crippen molar-refractivity contribution < 1.29 is 4.79 Å². The number of fused-ring (bicyclic) bond motifs is 1. The lowest BCUT2D eigenvalue weighted by atomic mass is 10.0. The third-order valence-corrected chi connectivity index (χ3v) is 6.82. The van der Waals surface area contributed by atoms with Crippen LogP contribution in [0.2, 0.25) is 0 Å². The molecule has 1 aromatic carbocycles. The molecule has 32 heavy (non-hydrogen) atoms. The van der Waals surface area contributed by atoms with Crippen LogP contribution in [-0.4, -0.2) is 35.0 Å². The molecule has 2 aromatic heterocycles. The van der Waals surface area contributed by atoms with E-state index in [1.807, 2.05) is 37.3 Å². The zero-order valence-corrected chi connectivity index (χ0v) is 18.7. The van der Waals surface area contributed by atoms with Crippen molar-refractivity contribution in [3.8, 4) is 22.4 Å². The number of rotatable bonds is 6. The SMILES string of the molecule is CN(C)c1ncc(-c2ccncc2)c(-c2ccc(CNC(=O)C3C4CCCCC43)cc2)n1. The van der Waals surface area contributed by atoms with Gasteiger partial charge >= 0.3 is 0 Å². The van der Waals surface area contributed by atoms with E-state index >= 15 is 0 Å². The third kappa shape index (κ3) is 4.09. The Morgan fingerprint density at radius 1 is 1.00 bits per heavy atom. The van der Waals surface area contributed by atoms with Crippen LogP contribution in [0.1, 0.15) is 31.2 Å². The molecule has 0 aliphatic heterocycles. The van der Waals surface area contributed by atoms with Crippen molar-refractivity contribution in [3.05, 3.63) is 60.6 Å². The fourth-order valence-electron chi connectivity index (χ4n) is 5.02.